The molecule has 1 amide bonds. The highest BCUT2D eigenvalue weighted by molar-refractivity contribution is 5.99. The Morgan fingerprint density at radius 2 is 1.84 bits per heavy atom. The fourth-order valence-corrected chi connectivity index (χ4v) is 2.82. The quantitative estimate of drug-likeness (QED) is 0.635. The number of unbranched alkanes of at least 4 members (excludes halogenated alkanes) is 5. The van der Waals surface area contributed by atoms with Gasteiger partial charge in [0.05, 0.1) is 11.1 Å². The number of carbonyl (C=O) groups excluding carboxylic acids is 1. The van der Waals surface area contributed by atoms with Crippen LogP contribution in [0.15, 0.2) is 36.5 Å². The van der Waals surface area contributed by atoms with Crippen molar-refractivity contribution in [1.29, 1.82) is 0 Å². The van der Waals surface area contributed by atoms with Gasteiger partial charge in [-0.1, -0.05) is 63.6 Å². The summed E-state index contributed by atoms with van der Waals surface area (Å²) < 4.78 is 0. The maximum Gasteiger partial charge on any atom is 0.326 e. The summed E-state index contributed by atoms with van der Waals surface area (Å²) in [6.45, 7) is 2.16. The van der Waals surface area contributed by atoms with E-state index in [0.717, 1.165) is 30.2 Å². The van der Waals surface area contributed by atoms with Crippen LogP contribution in [-0.4, -0.2) is 28.0 Å². The number of nitrogens with one attached hydrogen (secondary N) is 1. The van der Waals surface area contributed by atoms with Crippen LogP contribution >= 0.6 is 0 Å². The second-order valence-corrected chi connectivity index (χ2v) is 6.34. The third kappa shape index (κ3) is 5.85. The molecule has 1 aromatic heterocycles. The molecule has 25 heavy (non-hydrogen) atoms. The van der Waals surface area contributed by atoms with Crippen LogP contribution in [0, 0.1) is 0 Å². The van der Waals surface area contributed by atoms with Gasteiger partial charge in [0, 0.05) is 11.6 Å². The largest absolute Gasteiger partial charge is 0.480 e. The minimum absolute atomic E-state index is 0.382. The van der Waals surface area contributed by atoms with Gasteiger partial charge in [-0.3, -0.25) is 9.78 Å². The fraction of sp³-hybridized carbons (Fsp3) is 0.450. The molecule has 0 aliphatic rings. The van der Waals surface area contributed by atoms with Crippen molar-refractivity contribution >= 4 is 22.8 Å². The number of pyridine rings is 1. The average Bonchev–Trinajstić information content (AvgIpc) is 2.62. The molecule has 5 nitrogen and oxygen atoms in total. The lowest BCUT2D eigenvalue weighted by molar-refractivity contribution is -0.139. The number of fused-ring (bicyclic) bond motifs is 1. The van der Waals surface area contributed by atoms with E-state index < -0.39 is 17.9 Å². The smallest absolute Gasteiger partial charge is 0.326 e. The maximum atomic E-state index is 12.4. The minimum atomic E-state index is -0.990. The Bertz CT molecular complexity index is 715. The molecule has 2 aromatic rings. The van der Waals surface area contributed by atoms with Crippen molar-refractivity contribution in [2.75, 3.05) is 0 Å². The summed E-state index contributed by atoms with van der Waals surface area (Å²) in [5, 5.41) is 12.8. The monoisotopic (exact) mass is 342 g/mol. The first kappa shape index (κ1) is 18.9. The van der Waals surface area contributed by atoms with Gasteiger partial charge in [-0.25, -0.2) is 4.79 Å². The molecule has 0 saturated heterocycles. The lowest BCUT2D eigenvalue weighted by Gasteiger charge is -2.14. The molecule has 5 heteroatoms. The average molecular weight is 342 g/mol. The highest BCUT2D eigenvalue weighted by Gasteiger charge is 2.20. The highest BCUT2D eigenvalue weighted by atomic mass is 16.4. The van der Waals surface area contributed by atoms with E-state index in [1.807, 2.05) is 24.3 Å². The van der Waals surface area contributed by atoms with Crippen LogP contribution in [0.25, 0.3) is 10.9 Å². The molecule has 134 valence electrons. The van der Waals surface area contributed by atoms with Crippen molar-refractivity contribution < 1.29 is 14.7 Å². The van der Waals surface area contributed by atoms with Gasteiger partial charge in [-0.05, 0) is 18.6 Å². The molecule has 0 radical (unpaired) electrons. The normalized spacial score (nSPS) is 12.0. The van der Waals surface area contributed by atoms with Crippen LogP contribution in [0.4, 0.5) is 0 Å². The molecule has 2 N–H and O–H groups in total. The first-order chi connectivity index (χ1) is 12.1. The summed E-state index contributed by atoms with van der Waals surface area (Å²) in [6.07, 6.45) is 8.44. The molecule has 0 aliphatic carbocycles. The molecule has 0 fully saturated rings. The molecular formula is C20H26N2O3. The molecule has 0 spiro atoms. The Hall–Kier alpha value is -2.43. The molecule has 1 heterocycles. The van der Waals surface area contributed by atoms with Crippen LogP contribution < -0.4 is 5.32 Å². The van der Waals surface area contributed by atoms with E-state index in [9.17, 15) is 14.7 Å². The lowest BCUT2D eigenvalue weighted by Crippen LogP contribution is -2.40. The number of para-hydroxylation sites is 1. The van der Waals surface area contributed by atoms with Crippen molar-refractivity contribution in [2.24, 2.45) is 0 Å². The van der Waals surface area contributed by atoms with E-state index in [-0.39, 0.29) is 0 Å². The molecule has 0 bridgehead atoms. The summed E-state index contributed by atoms with van der Waals surface area (Å²) in [7, 11) is 0. The van der Waals surface area contributed by atoms with Gasteiger partial charge in [0.15, 0.2) is 0 Å². The molecule has 2 rings (SSSR count). The highest BCUT2D eigenvalue weighted by Crippen LogP contribution is 2.14. The zero-order valence-electron chi connectivity index (χ0n) is 14.7. The number of aliphatic carboxylic acids is 1. The van der Waals surface area contributed by atoms with Crippen LogP contribution in [0.1, 0.15) is 62.2 Å². The minimum Gasteiger partial charge on any atom is -0.480 e. The number of benzene rings is 1. The Kier molecular flexibility index (Phi) is 7.38. The fourth-order valence-electron chi connectivity index (χ4n) is 2.82. The zero-order chi connectivity index (χ0) is 18.1. The number of hydrogen-bond donors (Lipinski definition) is 2. The standard InChI is InChI=1S/C20H26N2O3/c1-2-3-4-5-6-7-12-18(20(24)25)22-19(23)16-13-15-10-8-9-11-17(15)21-14-16/h8-11,13-14,18H,2-7,12H2,1H3,(H,22,23)(H,24,25)/t18-/m0/s1. The van der Waals surface area contributed by atoms with Crippen LogP contribution in [0.5, 0.6) is 0 Å². The van der Waals surface area contributed by atoms with Gasteiger partial charge in [0.1, 0.15) is 6.04 Å². The van der Waals surface area contributed by atoms with E-state index in [4.69, 9.17) is 0 Å². The topological polar surface area (TPSA) is 79.3 Å². The molecule has 0 aliphatic heterocycles. The van der Waals surface area contributed by atoms with Crippen molar-refractivity contribution in [3.05, 3.63) is 42.1 Å². The molecule has 0 unspecified atom stereocenters. The van der Waals surface area contributed by atoms with Crippen molar-refractivity contribution in [2.45, 2.75) is 57.9 Å². The van der Waals surface area contributed by atoms with Crippen molar-refractivity contribution in [3.63, 3.8) is 0 Å². The van der Waals surface area contributed by atoms with Crippen LogP contribution in [0.3, 0.4) is 0 Å². The molecule has 1 aromatic carbocycles. The number of carboxylic acids is 1. The first-order valence-corrected chi connectivity index (χ1v) is 9.00. The Labute approximate surface area is 148 Å². The maximum absolute atomic E-state index is 12.4. The van der Waals surface area contributed by atoms with E-state index in [0.29, 0.717) is 12.0 Å². The van der Waals surface area contributed by atoms with E-state index in [1.165, 1.54) is 25.5 Å². The van der Waals surface area contributed by atoms with Gasteiger partial charge in [0.2, 0.25) is 0 Å². The van der Waals surface area contributed by atoms with E-state index >= 15 is 0 Å². The summed E-state index contributed by atoms with van der Waals surface area (Å²) >= 11 is 0. The molecule has 1 atom stereocenters. The first-order valence-electron chi connectivity index (χ1n) is 9.00. The van der Waals surface area contributed by atoms with Gasteiger partial charge in [-0.15, -0.1) is 0 Å². The molecular weight excluding hydrogens is 316 g/mol. The van der Waals surface area contributed by atoms with Gasteiger partial charge < -0.3 is 10.4 Å². The Morgan fingerprint density at radius 1 is 1.12 bits per heavy atom. The number of rotatable bonds is 10. The molecule has 0 saturated carbocycles. The number of carbonyl (C=O) groups is 2. The van der Waals surface area contributed by atoms with Crippen LogP contribution in [-0.2, 0) is 4.79 Å². The van der Waals surface area contributed by atoms with Gasteiger partial charge in [0.25, 0.3) is 5.91 Å². The lowest BCUT2D eigenvalue weighted by atomic mass is 10.1. The third-order valence-corrected chi connectivity index (χ3v) is 4.30. The van der Waals surface area contributed by atoms with Gasteiger partial charge in [-0.2, -0.15) is 0 Å². The predicted molar refractivity (Wildman–Crippen MR) is 98.6 cm³/mol. The predicted octanol–water partition coefficient (Wildman–Crippen LogP) is 4.17. The Morgan fingerprint density at radius 3 is 2.60 bits per heavy atom. The second-order valence-electron chi connectivity index (χ2n) is 6.34. The summed E-state index contributed by atoms with van der Waals surface area (Å²) in [5.41, 5.74) is 1.19. The van der Waals surface area contributed by atoms with Crippen molar-refractivity contribution in [3.8, 4) is 0 Å². The number of carboxylic acid groups (broad SMARTS) is 1. The van der Waals surface area contributed by atoms with Crippen molar-refractivity contribution in [1.82, 2.24) is 10.3 Å². The number of amides is 1. The number of aromatic nitrogens is 1. The van der Waals surface area contributed by atoms with Gasteiger partial charge >= 0.3 is 5.97 Å². The Balaban J connectivity index is 1.91. The summed E-state index contributed by atoms with van der Waals surface area (Å²) in [5.74, 6) is -1.38. The number of nitrogens with zero attached hydrogens (tertiary/aromatic N) is 1. The van der Waals surface area contributed by atoms with E-state index in [2.05, 4.69) is 17.2 Å². The van der Waals surface area contributed by atoms with Crippen LogP contribution in [0.2, 0.25) is 0 Å². The number of hydrogen-bond acceptors (Lipinski definition) is 3. The third-order valence-electron chi connectivity index (χ3n) is 4.30. The second kappa shape index (κ2) is 9.77. The zero-order valence-corrected chi connectivity index (χ0v) is 14.7. The SMILES string of the molecule is CCCCCCCC[C@H](NC(=O)c1cnc2ccccc2c1)C(=O)O. The summed E-state index contributed by atoms with van der Waals surface area (Å²) in [6, 6.07) is 8.40. The van der Waals surface area contributed by atoms with E-state index in [1.54, 1.807) is 6.07 Å². The summed E-state index contributed by atoms with van der Waals surface area (Å²) in [4.78, 5) is 28.0.